The molecule has 0 amide bonds. The molecule has 1 aromatic heterocycles. The van der Waals surface area contributed by atoms with Gasteiger partial charge in [-0.1, -0.05) is 19.1 Å². The van der Waals surface area contributed by atoms with Crippen LogP contribution in [0.4, 0.5) is 0 Å². The summed E-state index contributed by atoms with van der Waals surface area (Å²) in [5.74, 6) is 0. The standard InChI is InChI=1S/C13H16N2S2/c1-3-9-4-5-10(6-12(9)16)11-8-17-13(15-11)7-14-2/h4-6,8,14,16H,3,7H2,1-2H3. The smallest absolute Gasteiger partial charge is 0.107 e. The topological polar surface area (TPSA) is 24.9 Å². The number of aromatic nitrogens is 1. The van der Waals surface area contributed by atoms with Gasteiger partial charge < -0.3 is 5.32 Å². The Labute approximate surface area is 112 Å². The van der Waals surface area contributed by atoms with Crippen LogP contribution in [-0.2, 0) is 13.0 Å². The second-order valence-corrected chi connectivity index (χ2v) is 5.28. The predicted octanol–water partition coefficient (Wildman–Crippen LogP) is 3.38. The van der Waals surface area contributed by atoms with Crippen LogP contribution in [0.5, 0.6) is 0 Å². The summed E-state index contributed by atoms with van der Waals surface area (Å²) in [6.45, 7) is 2.97. The van der Waals surface area contributed by atoms with Gasteiger partial charge in [0.15, 0.2) is 0 Å². The van der Waals surface area contributed by atoms with Gasteiger partial charge in [-0.3, -0.25) is 0 Å². The molecule has 0 aliphatic rings. The number of thiol groups is 1. The zero-order valence-electron chi connectivity index (χ0n) is 10.0. The Kier molecular flexibility index (Phi) is 4.20. The molecule has 0 radical (unpaired) electrons. The molecule has 0 spiro atoms. The van der Waals surface area contributed by atoms with Crippen LogP contribution >= 0.6 is 24.0 Å². The molecule has 0 unspecified atom stereocenters. The van der Waals surface area contributed by atoms with E-state index in [9.17, 15) is 0 Å². The molecule has 0 fully saturated rings. The van der Waals surface area contributed by atoms with Crippen LogP contribution < -0.4 is 5.32 Å². The molecule has 0 saturated carbocycles. The first-order chi connectivity index (χ1) is 8.24. The minimum Gasteiger partial charge on any atom is -0.314 e. The van der Waals surface area contributed by atoms with E-state index in [0.29, 0.717) is 0 Å². The van der Waals surface area contributed by atoms with Crippen molar-refractivity contribution < 1.29 is 0 Å². The first kappa shape index (κ1) is 12.6. The normalized spacial score (nSPS) is 10.8. The van der Waals surface area contributed by atoms with Crippen LogP contribution in [0.3, 0.4) is 0 Å². The molecule has 2 rings (SSSR count). The Bertz CT molecular complexity index is 506. The summed E-state index contributed by atoms with van der Waals surface area (Å²) >= 11 is 6.20. The van der Waals surface area contributed by atoms with Crippen molar-refractivity contribution in [1.29, 1.82) is 0 Å². The van der Waals surface area contributed by atoms with Crippen molar-refractivity contribution in [2.75, 3.05) is 7.05 Å². The Balaban J connectivity index is 2.29. The van der Waals surface area contributed by atoms with Gasteiger partial charge in [0.2, 0.25) is 0 Å². The molecule has 0 aliphatic carbocycles. The number of benzene rings is 1. The Morgan fingerprint density at radius 2 is 2.24 bits per heavy atom. The number of hydrogen-bond acceptors (Lipinski definition) is 4. The van der Waals surface area contributed by atoms with E-state index >= 15 is 0 Å². The molecule has 17 heavy (non-hydrogen) atoms. The van der Waals surface area contributed by atoms with Gasteiger partial charge in [0.25, 0.3) is 0 Å². The van der Waals surface area contributed by atoms with Gasteiger partial charge in [-0.05, 0) is 25.1 Å². The van der Waals surface area contributed by atoms with Crippen molar-refractivity contribution in [1.82, 2.24) is 10.3 Å². The van der Waals surface area contributed by atoms with Crippen molar-refractivity contribution in [3.63, 3.8) is 0 Å². The van der Waals surface area contributed by atoms with Crippen LogP contribution in [0.2, 0.25) is 0 Å². The molecule has 2 aromatic rings. The van der Waals surface area contributed by atoms with Gasteiger partial charge in [0.1, 0.15) is 5.01 Å². The van der Waals surface area contributed by atoms with E-state index in [2.05, 4.69) is 53.4 Å². The predicted molar refractivity (Wildman–Crippen MR) is 76.9 cm³/mol. The lowest BCUT2D eigenvalue weighted by atomic mass is 10.1. The van der Waals surface area contributed by atoms with E-state index in [4.69, 9.17) is 0 Å². The lowest BCUT2D eigenvalue weighted by Gasteiger charge is -2.04. The maximum atomic E-state index is 4.59. The number of thiazole rings is 1. The van der Waals surface area contributed by atoms with E-state index in [1.165, 1.54) is 5.56 Å². The van der Waals surface area contributed by atoms with Gasteiger partial charge >= 0.3 is 0 Å². The average Bonchev–Trinajstić information content (AvgIpc) is 2.78. The van der Waals surface area contributed by atoms with E-state index in [1.807, 2.05) is 7.05 Å². The van der Waals surface area contributed by atoms with Crippen LogP contribution in [0.25, 0.3) is 11.3 Å². The Morgan fingerprint density at radius 1 is 1.41 bits per heavy atom. The van der Waals surface area contributed by atoms with Gasteiger partial charge in [0.05, 0.1) is 5.69 Å². The van der Waals surface area contributed by atoms with Gasteiger partial charge in [-0.25, -0.2) is 4.98 Å². The fraction of sp³-hybridized carbons (Fsp3) is 0.308. The molecule has 1 aromatic carbocycles. The summed E-state index contributed by atoms with van der Waals surface area (Å²) in [5.41, 5.74) is 3.46. The molecule has 90 valence electrons. The quantitative estimate of drug-likeness (QED) is 0.828. The summed E-state index contributed by atoms with van der Waals surface area (Å²) in [7, 11) is 1.93. The zero-order valence-corrected chi connectivity index (χ0v) is 11.7. The largest absolute Gasteiger partial charge is 0.314 e. The molecule has 4 heteroatoms. The summed E-state index contributed by atoms with van der Waals surface area (Å²) in [6, 6.07) is 6.35. The molecule has 0 aliphatic heterocycles. The lowest BCUT2D eigenvalue weighted by Crippen LogP contribution is -2.04. The number of nitrogens with one attached hydrogen (secondary N) is 1. The van der Waals surface area contributed by atoms with E-state index in [-0.39, 0.29) is 0 Å². The average molecular weight is 264 g/mol. The van der Waals surface area contributed by atoms with Crippen molar-refractivity contribution in [2.24, 2.45) is 0 Å². The fourth-order valence-corrected chi connectivity index (χ4v) is 2.88. The summed E-state index contributed by atoms with van der Waals surface area (Å²) < 4.78 is 0. The molecule has 0 atom stereocenters. The molecule has 0 saturated heterocycles. The highest BCUT2D eigenvalue weighted by molar-refractivity contribution is 7.80. The van der Waals surface area contributed by atoms with Gasteiger partial charge in [-0.15, -0.1) is 24.0 Å². The summed E-state index contributed by atoms with van der Waals surface area (Å²) in [6.07, 6.45) is 1.02. The first-order valence-electron chi connectivity index (χ1n) is 5.66. The highest BCUT2D eigenvalue weighted by atomic mass is 32.1. The van der Waals surface area contributed by atoms with Crippen molar-refractivity contribution in [3.05, 3.63) is 34.2 Å². The van der Waals surface area contributed by atoms with E-state index < -0.39 is 0 Å². The second-order valence-electron chi connectivity index (χ2n) is 3.85. The van der Waals surface area contributed by atoms with E-state index in [1.54, 1.807) is 11.3 Å². The fourth-order valence-electron chi connectivity index (χ4n) is 1.70. The number of nitrogens with zero attached hydrogens (tertiary/aromatic N) is 1. The van der Waals surface area contributed by atoms with Crippen molar-refractivity contribution in [2.45, 2.75) is 24.8 Å². The molecular formula is C13H16N2S2. The SMILES string of the molecule is CCc1ccc(-c2csc(CNC)n2)cc1S. The molecule has 1 heterocycles. The number of aryl methyl sites for hydroxylation is 1. The minimum absolute atomic E-state index is 0.825. The third-order valence-electron chi connectivity index (χ3n) is 2.64. The molecule has 0 bridgehead atoms. The van der Waals surface area contributed by atoms with Crippen LogP contribution in [0, 0.1) is 0 Å². The van der Waals surface area contributed by atoms with Gasteiger partial charge in [-0.2, -0.15) is 0 Å². The third kappa shape index (κ3) is 2.89. The number of rotatable bonds is 4. The highest BCUT2D eigenvalue weighted by Crippen LogP contribution is 2.26. The first-order valence-corrected chi connectivity index (χ1v) is 6.98. The van der Waals surface area contributed by atoms with Crippen molar-refractivity contribution >= 4 is 24.0 Å². The third-order valence-corrected chi connectivity index (χ3v) is 3.91. The molecule has 2 nitrogen and oxygen atoms in total. The van der Waals surface area contributed by atoms with E-state index in [0.717, 1.165) is 34.1 Å². The molecular weight excluding hydrogens is 248 g/mol. The highest BCUT2D eigenvalue weighted by Gasteiger charge is 2.06. The van der Waals surface area contributed by atoms with Gasteiger partial charge in [0, 0.05) is 22.4 Å². The molecule has 1 N–H and O–H groups in total. The minimum atomic E-state index is 0.825. The maximum Gasteiger partial charge on any atom is 0.107 e. The summed E-state index contributed by atoms with van der Waals surface area (Å²) in [4.78, 5) is 5.64. The Morgan fingerprint density at radius 3 is 2.88 bits per heavy atom. The Hall–Kier alpha value is -0.840. The zero-order chi connectivity index (χ0) is 12.3. The summed E-state index contributed by atoms with van der Waals surface area (Å²) in [5, 5.41) is 6.32. The number of hydrogen-bond donors (Lipinski definition) is 2. The van der Waals surface area contributed by atoms with Crippen molar-refractivity contribution in [3.8, 4) is 11.3 Å². The second kappa shape index (κ2) is 5.67. The van der Waals surface area contributed by atoms with Crippen LogP contribution in [0.1, 0.15) is 17.5 Å². The van der Waals surface area contributed by atoms with Crippen LogP contribution in [-0.4, -0.2) is 12.0 Å². The maximum absolute atomic E-state index is 4.59. The lowest BCUT2D eigenvalue weighted by molar-refractivity contribution is 0.811. The monoisotopic (exact) mass is 264 g/mol. The van der Waals surface area contributed by atoms with Crippen LogP contribution in [0.15, 0.2) is 28.5 Å².